The summed E-state index contributed by atoms with van der Waals surface area (Å²) in [6, 6.07) is 9.17. The molecule has 0 saturated heterocycles. The first-order valence-corrected chi connectivity index (χ1v) is 6.60. The van der Waals surface area contributed by atoms with Gasteiger partial charge in [0.15, 0.2) is 5.82 Å². The summed E-state index contributed by atoms with van der Waals surface area (Å²) in [6.07, 6.45) is 1.47. The van der Waals surface area contributed by atoms with Crippen molar-refractivity contribution in [2.45, 2.75) is 6.54 Å². The van der Waals surface area contributed by atoms with Crippen LogP contribution in [-0.2, 0) is 6.54 Å². The predicted octanol–water partition coefficient (Wildman–Crippen LogP) is 1.76. The minimum Gasteiger partial charge on any atom is -0.491 e. The number of nitrogens with zero attached hydrogens (tertiary/aromatic N) is 2. The van der Waals surface area contributed by atoms with Crippen molar-refractivity contribution in [3.8, 4) is 5.75 Å². The maximum absolute atomic E-state index is 11.2. The third-order valence-corrected chi connectivity index (χ3v) is 3.45. The molecule has 6 heteroatoms. The number of carboxylic acid groups (broad SMARTS) is 1. The van der Waals surface area contributed by atoms with Crippen LogP contribution in [0.25, 0.3) is 0 Å². The number of anilines is 2. The summed E-state index contributed by atoms with van der Waals surface area (Å²) in [5, 5.41) is 9.15. The van der Waals surface area contributed by atoms with Crippen LogP contribution >= 0.6 is 0 Å². The number of pyridine rings is 1. The predicted molar refractivity (Wildman–Crippen MR) is 78.6 cm³/mol. The van der Waals surface area contributed by atoms with E-state index in [1.807, 2.05) is 29.2 Å². The van der Waals surface area contributed by atoms with E-state index >= 15 is 0 Å². The first-order valence-electron chi connectivity index (χ1n) is 6.60. The van der Waals surface area contributed by atoms with Gasteiger partial charge in [-0.1, -0.05) is 18.2 Å². The van der Waals surface area contributed by atoms with Gasteiger partial charge in [0, 0.05) is 18.3 Å². The van der Waals surface area contributed by atoms with Gasteiger partial charge in [0.25, 0.3) is 0 Å². The topological polar surface area (TPSA) is 88.7 Å². The highest BCUT2D eigenvalue weighted by Gasteiger charge is 2.21. The van der Waals surface area contributed by atoms with Gasteiger partial charge in [-0.2, -0.15) is 0 Å². The molecule has 0 amide bonds. The lowest BCUT2D eigenvalue weighted by molar-refractivity contribution is 0.0698. The molecule has 0 fully saturated rings. The fourth-order valence-corrected chi connectivity index (χ4v) is 2.41. The molecular formula is C15H15N3O3. The summed E-state index contributed by atoms with van der Waals surface area (Å²) in [5.41, 5.74) is 7.24. The van der Waals surface area contributed by atoms with Crippen LogP contribution in [0.3, 0.4) is 0 Å². The summed E-state index contributed by atoms with van der Waals surface area (Å²) in [7, 11) is 0. The van der Waals surface area contributed by atoms with E-state index in [2.05, 4.69) is 4.98 Å². The minimum absolute atomic E-state index is 0.0680. The zero-order chi connectivity index (χ0) is 14.8. The molecule has 0 aliphatic carbocycles. The van der Waals surface area contributed by atoms with Gasteiger partial charge in [-0.15, -0.1) is 0 Å². The van der Waals surface area contributed by atoms with Gasteiger partial charge in [0.1, 0.15) is 12.4 Å². The molecule has 3 rings (SSSR count). The van der Waals surface area contributed by atoms with Crippen molar-refractivity contribution in [2.24, 2.45) is 0 Å². The molecule has 3 N–H and O–H groups in total. The van der Waals surface area contributed by atoms with Crippen LogP contribution in [0.15, 0.2) is 36.5 Å². The second-order valence-corrected chi connectivity index (χ2v) is 4.78. The minimum atomic E-state index is -1.05. The van der Waals surface area contributed by atoms with E-state index in [0.29, 0.717) is 25.5 Å². The molecule has 21 heavy (non-hydrogen) atoms. The summed E-state index contributed by atoms with van der Waals surface area (Å²) in [5.74, 6) is 0.269. The van der Waals surface area contributed by atoms with Crippen molar-refractivity contribution >= 4 is 17.5 Å². The summed E-state index contributed by atoms with van der Waals surface area (Å²) in [6.45, 7) is 1.67. The van der Waals surface area contributed by atoms with Crippen molar-refractivity contribution < 1.29 is 14.6 Å². The Morgan fingerprint density at radius 2 is 2.14 bits per heavy atom. The number of carboxylic acids is 1. The number of para-hydroxylation sites is 1. The number of ether oxygens (including phenoxy) is 1. The molecule has 1 aromatic carbocycles. The Kier molecular flexibility index (Phi) is 3.35. The zero-order valence-electron chi connectivity index (χ0n) is 11.3. The second kappa shape index (κ2) is 5.32. The summed E-state index contributed by atoms with van der Waals surface area (Å²) >= 11 is 0. The Morgan fingerprint density at radius 3 is 2.95 bits per heavy atom. The average molecular weight is 285 g/mol. The van der Waals surface area contributed by atoms with Gasteiger partial charge in [-0.05, 0) is 12.1 Å². The van der Waals surface area contributed by atoms with Crippen LogP contribution in [0.1, 0.15) is 15.9 Å². The van der Waals surface area contributed by atoms with E-state index in [0.717, 1.165) is 11.3 Å². The number of fused-ring (bicyclic) bond motifs is 1. The molecule has 0 saturated carbocycles. The van der Waals surface area contributed by atoms with Gasteiger partial charge in [0.2, 0.25) is 0 Å². The van der Waals surface area contributed by atoms with Crippen molar-refractivity contribution in [2.75, 3.05) is 23.8 Å². The van der Waals surface area contributed by atoms with Gasteiger partial charge in [-0.25, -0.2) is 9.78 Å². The largest absolute Gasteiger partial charge is 0.491 e. The normalized spacial score (nSPS) is 14.0. The van der Waals surface area contributed by atoms with Gasteiger partial charge in [0.05, 0.1) is 17.8 Å². The van der Waals surface area contributed by atoms with Crippen LogP contribution in [0.4, 0.5) is 11.5 Å². The van der Waals surface area contributed by atoms with Gasteiger partial charge < -0.3 is 20.5 Å². The first kappa shape index (κ1) is 13.2. The lowest BCUT2D eigenvalue weighted by Crippen LogP contribution is -2.27. The Balaban J connectivity index is 1.98. The van der Waals surface area contributed by atoms with Crippen molar-refractivity contribution in [3.63, 3.8) is 0 Å². The van der Waals surface area contributed by atoms with Crippen LogP contribution in [-0.4, -0.2) is 29.2 Å². The zero-order valence-corrected chi connectivity index (χ0v) is 11.3. The van der Waals surface area contributed by atoms with Crippen LogP contribution in [0.5, 0.6) is 5.75 Å². The van der Waals surface area contributed by atoms with E-state index in [-0.39, 0.29) is 11.3 Å². The summed E-state index contributed by atoms with van der Waals surface area (Å²) < 4.78 is 5.69. The number of hydrogen-bond donors (Lipinski definition) is 2. The molecule has 0 atom stereocenters. The highest BCUT2D eigenvalue weighted by Crippen LogP contribution is 2.29. The Bertz CT molecular complexity index is 688. The molecule has 0 radical (unpaired) electrons. The molecule has 1 aliphatic rings. The summed E-state index contributed by atoms with van der Waals surface area (Å²) in [4.78, 5) is 17.4. The highest BCUT2D eigenvalue weighted by molar-refractivity contribution is 5.96. The fraction of sp³-hybridized carbons (Fsp3) is 0.200. The number of nitrogens with two attached hydrogens (primary N) is 1. The van der Waals surface area contributed by atoms with Crippen LogP contribution in [0.2, 0.25) is 0 Å². The number of carbonyl (C=O) groups is 1. The maximum Gasteiger partial charge on any atom is 0.337 e. The standard InChI is InChI=1S/C15H15N3O3/c16-13-11(15(19)20)5-6-17-14(13)18-7-8-21-12-4-2-1-3-10(12)9-18/h1-6H,7-9,16H2,(H,19,20). The Morgan fingerprint density at radius 1 is 1.33 bits per heavy atom. The van der Waals surface area contributed by atoms with E-state index in [1.54, 1.807) is 0 Å². The Hall–Kier alpha value is -2.76. The van der Waals surface area contributed by atoms with Crippen molar-refractivity contribution in [1.29, 1.82) is 0 Å². The number of benzene rings is 1. The van der Waals surface area contributed by atoms with E-state index < -0.39 is 5.97 Å². The van der Waals surface area contributed by atoms with Gasteiger partial charge in [-0.3, -0.25) is 0 Å². The number of hydrogen-bond acceptors (Lipinski definition) is 5. The van der Waals surface area contributed by atoms with E-state index in [1.165, 1.54) is 12.3 Å². The monoisotopic (exact) mass is 285 g/mol. The van der Waals surface area contributed by atoms with E-state index in [9.17, 15) is 4.79 Å². The van der Waals surface area contributed by atoms with Crippen molar-refractivity contribution in [1.82, 2.24) is 4.98 Å². The Labute approximate surface area is 121 Å². The lowest BCUT2D eigenvalue weighted by atomic mass is 10.1. The third-order valence-electron chi connectivity index (χ3n) is 3.45. The molecule has 1 aromatic heterocycles. The molecule has 6 nitrogen and oxygen atoms in total. The second-order valence-electron chi connectivity index (χ2n) is 4.78. The number of aromatic nitrogens is 1. The first-order chi connectivity index (χ1) is 10.2. The van der Waals surface area contributed by atoms with Gasteiger partial charge >= 0.3 is 5.97 Å². The average Bonchev–Trinajstić information content (AvgIpc) is 2.69. The van der Waals surface area contributed by atoms with Crippen LogP contribution in [0, 0.1) is 0 Å². The molecule has 2 heterocycles. The molecule has 0 bridgehead atoms. The van der Waals surface area contributed by atoms with Crippen LogP contribution < -0.4 is 15.4 Å². The molecule has 108 valence electrons. The molecule has 0 spiro atoms. The molecule has 1 aliphatic heterocycles. The SMILES string of the molecule is Nc1c(C(=O)O)ccnc1N1CCOc2ccccc2C1. The quantitative estimate of drug-likeness (QED) is 0.874. The molecule has 2 aromatic rings. The van der Waals surface area contributed by atoms with E-state index in [4.69, 9.17) is 15.6 Å². The lowest BCUT2D eigenvalue weighted by Gasteiger charge is -2.22. The smallest absolute Gasteiger partial charge is 0.337 e. The number of nitrogen functional groups attached to an aromatic ring is 1. The van der Waals surface area contributed by atoms with Crippen molar-refractivity contribution in [3.05, 3.63) is 47.7 Å². The fourth-order valence-electron chi connectivity index (χ4n) is 2.41. The number of rotatable bonds is 2. The number of aromatic carboxylic acids is 1. The highest BCUT2D eigenvalue weighted by atomic mass is 16.5. The molecular weight excluding hydrogens is 270 g/mol. The molecule has 0 unspecified atom stereocenters. The third kappa shape index (κ3) is 2.47. The maximum atomic E-state index is 11.2.